The molecular formula is C20H23FN2O. The van der Waals surface area contributed by atoms with Crippen molar-refractivity contribution in [1.29, 1.82) is 0 Å². The molecule has 1 unspecified atom stereocenters. The average molecular weight is 326 g/mol. The van der Waals surface area contributed by atoms with E-state index in [0.29, 0.717) is 11.4 Å². The quantitative estimate of drug-likeness (QED) is 0.668. The van der Waals surface area contributed by atoms with E-state index in [0.717, 1.165) is 16.8 Å². The Kier molecular flexibility index (Phi) is 6.13. The van der Waals surface area contributed by atoms with Gasteiger partial charge in [0.25, 0.3) is 0 Å². The maximum atomic E-state index is 14.4. The minimum Gasteiger partial charge on any atom is -0.357 e. The van der Waals surface area contributed by atoms with E-state index in [1.807, 2.05) is 69.3 Å². The first-order chi connectivity index (χ1) is 11.7. The number of halogens is 1. The molecule has 1 heterocycles. The largest absolute Gasteiger partial charge is 0.357 e. The Bertz CT molecular complexity index is 768. The van der Waals surface area contributed by atoms with Gasteiger partial charge in [-0.1, -0.05) is 68.4 Å². The SMILES string of the molecule is CC.CNc1cc(C(C)c2ccc(-c3ccccc3)c(F)c2)no1. The third kappa shape index (κ3) is 3.82. The topological polar surface area (TPSA) is 38.1 Å². The summed E-state index contributed by atoms with van der Waals surface area (Å²) < 4.78 is 19.6. The minimum atomic E-state index is -0.229. The van der Waals surface area contributed by atoms with Crippen molar-refractivity contribution < 1.29 is 8.91 Å². The van der Waals surface area contributed by atoms with Crippen molar-refractivity contribution in [3.8, 4) is 11.1 Å². The summed E-state index contributed by atoms with van der Waals surface area (Å²) in [6, 6.07) is 16.7. The number of nitrogens with one attached hydrogen (secondary N) is 1. The lowest BCUT2D eigenvalue weighted by molar-refractivity contribution is 0.423. The van der Waals surface area contributed by atoms with Gasteiger partial charge in [0.05, 0.1) is 5.69 Å². The lowest BCUT2D eigenvalue weighted by atomic mass is 9.95. The van der Waals surface area contributed by atoms with Crippen LogP contribution in [0, 0.1) is 5.82 Å². The van der Waals surface area contributed by atoms with Crippen LogP contribution in [0.4, 0.5) is 10.3 Å². The van der Waals surface area contributed by atoms with Crippen molar-refractivity contribution in [2.24, 2.45) is 0 Å². The van der Waals surface area contributed by atoms with Gasteiger partial charge in [0.2, 0.25) is 5.88 Å². The Balaban J connectivity index is 0.00000100. The van der Waals surface area contributed by atoms with E-state index < -0.39 is 0 Å². The molecule has 0 spiro atoms. The van der Waals surface area contributed by atoms with E-state index in [4.69, 9.17) is 4.52 Å². The van der Waals surface area contributed by atoms with Gasteiger partial charge in [0.1, 0.15) is 5.82 Å². The Morgan fingerprint density at radius 3 is 2.33 bits per heavy atom. The van der Waals surface area contributed by atoms with E-state index in [9.17, 15) is 4.39 Å². The summed E-state index contributed by atoms with van der Waals surface area (Å²) in [5.41, 5.74) is 3.12. The van der Waals surface area contributed by atoms with Gasteiger partial charge in [-0.05, 0) is 17.2 Å². The molecule has 0 aliphatic heterocycles. The average Bonchev–Trinajstić information content (AvgIpc) is 3.12. The number of hydrogen-bond acceptors (Lipinski definition) is 3. The highest BCUT2D eigenvalue weighted by Gasteiger charge is 2.15. The summed E-state index contributed by atoms with van der Waals surface area (Å²) in [6.07, 6.45) is 0. The second-order valence-corrected chi connectivity index (χ2v) is 5.19. The summed E-state index contributed by atoms with van der Waals surface area (Å²) in [4.78, 5) is 0. The van der Waals surface area contributed by atoms with E-state index in [1.165, 1.54) is 0 Å². The molecule has 0 radical (unpaired) electrons. The molecule has 2 aromatic carbocycles. The van der Waals surface area contributed by atoms with Crippen molar-refractivity contribution in [3.05, 3.63) is 71.7 Å². The first-order valence-electron chi connectivity index (χ1n) is 8.18. The van der Waals surface area contributed by atoms with Crippen LogP contribution in [0.5, 0.6) is 0 Å². The molecule has 0 bridgehead atoms. The van der Waals surface area contributed by atoms with Crippen LogP contribution in [-0.2, 0) is 0 Å². The Morgan fingerprint density at radius 1 is 1.04 bits per heavy atom. The number of benzene rings is 2. The first kappa shape index (κ1) is 17.7. The zero-order valence-electron chi connectivity index (χ0n) is 14.5. The fourth-order valence-corrected chi connectivity index (χ4v) is 2.43. The Hall–Kier alpha value is -2.62. The van der Waals surface area contributed by atoms with Crippen LogP contribution in [0.15, 0.2) is 59.1 Å². The van der Waals surface area contributed by atoms with E-state index >= 15 is 0 Å². The van der Waals surface area contributed by atoms with Crippen LogP contribution in [0.2, 0.25) is 0 Å². The summed E-state index contributed by atoms with van der Waals surface area (Å²) in [6.45, 7) is 5.98. The summed E-state index contributed by atoms with van der Waals surface area (Å²) in [5.74, 6) is 0.335. The van der Waals surface area contributed by atoms with Gasteiger partial charge in [-0.2, -0.15) is 0 Å². The molecule has 1 atom stereocenters. The molecule has 1 N–H and O–H groups in total. The van der Waals surface area contributed by atoms with Crippen LogP contribution in [0.25, 0.3) is 11.1 Å². The Morgan fingerprint density at radius 2 is 1.75 bits per heavy atom. The second-order valence-electron chi connectivity index (χ2n) is 5.19. The number of nitrogens with zero attached hydrogens (tertiary/aromatic N) is 1. The lowest BCUT2D eigenvalue weighted by Gasteiger charge is -2.11. The number of rotatable bonds is 4. The van der Waals surface area contributed by atoms with Crippen LogP contribution in [0.1, 0.15) is 37.9 Å². The summed E-state index contributed by atoms with van der Waals surface area (Å²) in [7, 11) is 1.77. The maximum Gasteiger partial charge on any atom is 0.224 e. The fraction of sp³-hybridized carbons (Fsp3) is 0.250. The molecule has 0 saturated heterocycles. The van der Waals surface area contributed by atoms with Crippen LogP contribution in [-0.4, -0.2) is 12.2 Å². The van der Waals surface area contributed by atoms with E-state index in [2.05, 4.69) is 10.5 Å². The molecule has 24 heavy (non-hydrogen) atoms. The summed E-state index contributed by atoms with van der Waals surface area (Å²) in [5, 5.41) is 6.91. The predicted molar refractivity (Wildman–Crippen MR) is 96.8 cm³/mol. The van der Waals surface area contributed by atoms with E-state index in [1.54, 1.807) is 13.1 Å². The van der Waals surface area contributed by atoms with Crippen molar-refractivity contribution in [3.63, 3.8) is 0 Å². The standard InChI is InChI=1S/C18H17FN2O.C2H6/c1-12(17-11-18(20-2)22-21-17)14-8-9-15(16(19)10-14)13-6-4-3-5-7-13;1-2/h3-12,20H,1-2H3;1-2H3. The molecule has 3 rings (SSSR count). The van der Waals surface area contributed by atoms with Gasteiger partial charge in [-0.15, -0.1) is 0 Å². The molecule has 1 aromatic heterocycles. The van der Waals surface area contributed by atoms with Gasteiger partial charge in [-0.25, -0.2) is 4.39 Å². The fourth-order valence-electron chi connectivity index (χ4n) is 2.43. The molecule has 4 heteroatoms. The molecule has 0 aliphatic carbocycles. The monoisotopic (exact) mass is 326 g/mol. The third-order valence-electron chi connectivity index (χ3n) is 3.80. The van der Waals surface area contributed by atoms with Crippen molar-refractivity contribution >= 4 is 5.88 Å². The van der Waals surface area contributed by atoms with Crippen molar-refractivity contribution in [2.45, 2.75) is 26.7 Å². The lowest BCUT2D eigenvalue weighted by Crippen LogP contribution is -1.98. The van der Waals surface area contributed by atoms with E-state index in [-0.39, 0.29) is 11.7 Å². The van der Waals surface area contributed by atoms with Crippen LogP contribution in [0.3, 0.4) is 0 Å². The van der Waals surface area contributed by atoms with Crippen LogP contribution < -0.4 is 5.32 Å². The normalized spacial score (nSPS) is 11.4. The molecule has 0 saturated carbocycles. The number of hydrogen-bond donors (Lipinski definition) is 1. The van der Waals surface area contributed by atoms with Gasteiger partial charge in [0.15, 0.2) is 0 Å². The second kappa shape index (κ2) is 8.29. The minimum absolute atomic E-state index is 0.0369. The highest BCUT2D eigenvalue weighted by Crippen LogP contribution is 2.29. The van der Waals surface area contributed by atoms with Crippen LogP contribution >= 0.6 is 0 Å². The van der Waals surface area contributed by atoms with Crippen molar-refractivity contribution in [2.75, 3.05) is 12.4 Å². The molecule has 3 nitrogen and oxygen atoms in total. The zero-order chi connectivity index (χ0) is 17.5. The molecule has 0 amide bonds. The highest BCUT2D eigenvalue weighted by molar-refractivity contribution is 5.64. The molecular weight excluding hydrogens is 303 g/mol. The third-order valence-corrected chi connectivity index (χ3v) is 3.80. The van der Waals surface area contributed by atoms with Gasteiger partial charge < -0.3 is 9.84 Å². The molecule has 0 fully saturated rings. The van der Waals surface area contributed by atoms with Gasteiger partial charge >= 0.3 is 0 Å². The number of aromatic nitrogens is 1. The summed E-state index contributed by atoms with van der Waals surface area (Å²) >= 11 is 0. The molecule has 0 aliphatic rings. The molecule has 126 valence electrons. The highest BCUT2D eigenvalue weighted by atomic mass is 19.1. The van der Waals surface area contributed by atoms with Gasteiger partial charge in [-0.3, -0.25) is 0 Å². The van der Waals surface area contributed by atoms with Crippen molar-refractivity contribution in [1.82, 2.24) is 5.16 Å². The molecule has 3 aromatic rings. The first-order valence-corrected chi connectivity index (χ1v) is 8.18. The predicted octanol–water partition coefficient (Wildman–Crippen LogP) is 5.70. The van der Waals surface area contributed by atoms with Gasteiger partial charge in [0, 0.05) is 24.6 Å². The zero-order valence-corrected chi connectivity index (χ0v) is 14.5. The Labute approximate surface area is 142 Å². The number of anilines is 1. The maximum absolute atomic E-state index is 14.4. The smallest absolute Gasteiger partial charge is 0.224 e.